The van der Waals surface area contributed by atoms with Crippen LogP contribution in [-0.2, 0) is 9.31 Å². The number of hydrogen-bond acceptors (Lipinski definition) is 8. The fourth-order valence-electron chi connectivity index (χ4n) is 3.78. The lowest BCUT2D eigenvalue weighted by molar-refractivity contribution is 0.00578. The predicted octanol–water partition coefficient (Wildman–Crippen LogP) is 3.44. The number of carbonyl (C=O) groups excluding carboxylic acids is 1. The zero-order valence-corrected chi connectivity index (χ0v) is 20.7. The second-order valence-electron chi connectivity index (χ2n) is 8.99. The first-order chi connectivity index (χ1) is 15.5. The number of benzene rings is 1. The van der Waals surface area contributed by atoms with Crippen LogP contribution in [-0.4, -0.2) is 50.4 Å². The zero-order chi connectivity index (χ0) is 24.1. The van der Waals surface area contributed by atoms with Gasteiger partial charge in [-0.05, 0) is 39.8 Å². The van der Waals surface area contributed by atoms with E-state index in [9.17, 15) is 4.79 Å². The molecule has 0 bridgehead atoms. The number of aromatic nitrogens is 1. The number of furan rings is 1. The summed E-state index contributed by atoms with van der Waals surface area (Å²) in [6.07, 6.45) is 1.61. The molecule has 4 rings (SSSR count). The summed E-state index contributed by atoms with van der Waals surface area (Å²) in [5.41, 5.74) is 2.08. The highest BCUT2D eigenvalue weighted by Gasteiger charge is 2.52. The average Bonchev–Trinajstić information content (AvgIpc) is 3.25. The highest BCUT2D eigenvalue weighted by atomic mass is 32.1. The van der Waals surface area contributed by atoms with E-state index < -0.39 is 18.3 Å². The fraction of sp³-hybridized carbons (Fsp3) is 0.391. The van der Waals surface area contributed by atoms with Gasteiger partial charge in [0, 0.05) is 54.5 Å². The highest BCUT2D eigenvalue weighted by Crippen LogP contribution is 2.39. The molecular formula is C23H28BN3O5S. The molecule has 0 unspecified atom stereocenters. The maximum absolute atomic E-state index is 13.0. The number of amides is 1. The maximum Gasteiger partial charge on any atom is 0.497 e. The van der Waals surface area contributed by atoms with Gasteiger partial charge in [-0.25, -0.2) is 4.98 Å². The van der Waals surface area contributed by atoms with Crippen LogP contribution in [0.5, 0.6) is 5.88 Å². The summed E-state index contributed by atoms with van der Waals surface area (Å²) in [4.78, 5) is 17.2. The summed E-state index contributed by atoms with van der Waals surface area (Å²) in [5, 5.41) is 3.36. The van der Waals surface area contributed by atoms with Gasteiger partial charge < -0.3 is 28.1 Å². The van der Waals surface area contributed by atoms with Crippen molar-refractivity contribution in [2.75, 3.05) is 25.5 Å². The van der Waals surface area contributed by atoms with E-state index in [4.69, 9.17) is 18.5 Å². The van der Waals surface area contributed by atoms with Crippen molar-refractivity contribution in [3.05, 3.63) is 36.0 Å². The molecule has 2 aromatic heterocycles. The summed E-state index contributed by atoms with van der Waals surface area (Å²) < 4.78 is 25.6. The van der Waals surface area contributed by atoms with E-state index in [1.165, 1.54) is 0 Å². The Kier molecular flexibility index (Phi) is 5.88. The van der Waals surface area contributed by atoms with Crippen molar-refractivity contribution < 1.29 is 23.3 Å². The maximum atomic E-state index is 13.0. The number of methoxy groups -OCH3 is 1. The molecule has 1 aliphatic heterocycles. The van der Waals surface area contributed by atoms with Crippen LogP contribution in [0.3, 0.4) is 0 Å². The minimum absolute atomic E-state index is 0.272. The van der Waals surface area contributed by atoms with Crippen LogP contribution in [0.2, 0.25) is 0 Å². The second kappa shape index (κ2) is 8.27. The van der Waals surface area contributed by atoms with E-state index in [1.54, 1.807) is 36.8 Å². The molecule has 1 fully saturated rings. The smallest absolute Gasteiger partial charge is 0.481 e. The summed E-state index contributed by atoms with van der Waals surface area (Å²) in [6.45, 7) is 7.99. The number of nitrogens with one attached hydrogen (secondary N) is 1. The van der Waals surface area contributed by atoms with E-state index >= 15 is 0 Å². The number of ether oxygens (including phenoxy) is 1. The van der Waals surface area contributed by atoms with E-state index in [0.717, 1.165) is 11.2 Å². The molecule has 0 atom stereocenters. The molecule has 174 valence electrons. The Morgan fingerprint density at radius 1 is 1.18 bits per heavy atom. The number of thiol groups is 1. The molecule has 3 aromatic rings. The van der Waals surface area contributed by atoms with Crippen molar-refractivity contribution >= 4 is 48.0 Å². The van der Waals surface area contributed by atoms with E-state index in [1.807, 2.05) is 46.9 Å². The van der Waals surface area contributed by atoms with Crippen LogP contribution in [0.4, 0.5) is 5.69 Å². The summed E-state index contributed by atoms with van der Waals surface area (Å²) in [7, 11) is 4.31. The van der Waals surface area contributed by atoms with E-state index in [0.29, 0.717) is 33.7 Å². The summed E-state index contributed by atoms with van der Waals surface area (Å²) >= 11 is 4.52. The Hall–Kier alpha value is -2.69. The molecule has 1 saturated heterocycles. The number of pyridine rings is 1. The number of hydrogen-bond donors (Lipinski definition) is 2. The molecule has 0 spiro atoms. The van der Waals surface area contributed by atoms with Crippen LogP contribution < -0.4 is 19.8 Å². The van der Waals surface area contributed by atoms with Crippen LogP contribution in [0.1, 0.15) is 38.1 Å². The first-order valence-electron chi connectivity index (χ1n) is 10.6. The SMILES string of the molecule is CNC(=O)c1c(-c2ccc(OC)nc2)oc2cc(N(C)S)c(B3OC(C)(C)C(C)(C)O3)cc12. The monoisotopic (exact) mass is 469 g/mol. The topological polar surface area (TPSA) is 86.1 Å². The van der Waals surface area contributed by atoms with Gasteiger partial charge >= 0.3 is 7.12 Å². The van der Waals surface area contributed by atoms with Gasteiger partial charge in [0.1, 0.15) is 11.3 Å². The van der Waals surface area contributed by atoms with Crippen molar-refractivity contribution in [2.45, 2.75) is 38.9 Å². The molecule has 0 aliphatic carbocycles. The van der Waals surface area contributed by atoms with Crippen LogP contribution >= 0.6 is 12.8 Å². The minimum Gasteiger partial charge on any atom is -0.481 e. The Labute approximate surface area is 199 Å². The third kappa shape index (κ3) is 3.96. The van der Waals surface area contributed by atoms with Crippen molar-refractivity contribution in [1.29, 1.82) is 0 Å². The lowest BCUT2D eigenvalue weighted by atomic mass is 9.77. The van der Waals surface area contributed by atoms with E-state index in [-0.39, 0.29) is 5.91 Å². The summed E-state index contributed by atoms with van der Waals surface area (Å²) in [6, 6.07) is 7.25. The molecule has 8 nitrogen and oxygen atoms in total. The quantitative estimate of drug-likeness (QED) is 0.437. The fourth-order valence-corrected chi connectivity index (χ4v) is 3.95. The lowest BCUT2D eigenvalue weighted by Gasteiger charge is -2.32. The Bertz CT molecular complexity index is 1190. The van der Waals surface area contributed by atoms with Crippen molar-refractivity contribution in [2.24, 2.45) is 0 Å². The second-order valence-corrected chi connectivity index (χ2v) is 9.59. The Morgan fingerprint density at radius 3 is 2.36 bits per heavy atom. The molecule has 1 N–H and O–H groups in total. The Balaban J connectivity index is 1.94. The largest absolute Gasteiger partial charge is 0.497 e. The molecule has 1 aliphatic rings. The molecule has 1 amide bonds. The van der Waals surface area contributed by atoms with Crippen LogP contribution in [0, 0.1) is 0 Å². The lowest BCUT2D eigenvalue weighted by Crippen LogP contribution is -2.41. The molecule has 0 radical (unpaired) electrons. The van der Waals surface area contributed by atoms with Crippen molar-refractivity contribution in [3.63, 3.8) is 0 Å². The van der Waals surface area contributed by atoms with Gasteiger partial charge in [0.05, 0.1) is 23.9 Å². The van der Waals surface area contributed by atoms with Gasteiger partial charge in [-0.1, -0.05) is 12.8 Å². The summed E-state index contributed by atoms with van der Waals surface area (Å²) in [5.74, 6) is 0.614. The zero-order valence-electron chi connectivity index (χ0n) is 19.8. The van der Waals surface area contributed by atoms with Gasteiger partial charge in [-0.3, -0.25) is 4.79 Å². The molecule has 3 heterocycles. The van der Waals surface area contributed by atoms with Crippen LogP contribution in [0.15, 0.2) is 34.9 Å². The Morgan fingerprint density at radius 2 is 1.85 bits per heavy atom. The van der Waals surface area contributed by atoms with Gasteiger partial charge in [-0.15, -0.1) is 0 Å². The van der Waals surface area contributed by atoms with Crippen LogP contribution in [0.25, 0.3) is 22.3 Å². The molecule has 10 heteroatoms. The van der Waals surface area contributed by atoms with Crippen molar-refractivity contribution in [3.8, 4) is 17.2 Å². The number of anilines is 1. The van der Waals surface area contributed by atoms with Gasteiger partial charge in [0.15, 0.2) is 0 Å². The average molecular weight is 469 g/mol. The number of nitrogens with zero attached hydrogens (tertiary/aromatic N) is 2. The van der Waals surface area contributed by atoms with Gasteiger partial charge in [-0.2, -0.15) is 0 Å². The minimum atomic E-state index is -0.637. The van der Waals surface area contributed by atoms with E-state index in [2.05, 4.69) is 23.1 Å². The third-order valence-corrected chi connectivity index (χ3v) is 6.57. The normalized spacial score (nSPS) is 16.8. The highest BCUT2D eigenvalue weighted by molar-refractivity contribution is 7.81. The first kappa shape index (κ1) is 23.5. The van der Waals surface area contributed by atoms with Gasteiger partial charge in [0.2, 0.25) is 5.88 Å². The molecule has 33 heavy (non-hydrogen) atoms. The molecule has 1 aromatic carbocycles. The van der Waals surface area contributed by atoms with Crippen molar-refractivity contribution in [1.82, 2.24) is 10.3 Å². The number of fused-ring (bicyclic) bond motifs is 1. The first-order valence-corrected chi connectivity index (χ1v) is 11.0. The third-order valence-electron chi connectivity index (χ3n) is 6.35. The standard InChI is InChI=1S/C23H28BN3O5S/c1-22(2)23(3,4)32-24(31-22)15-10-14-17(11-16(15)27(6)33)30-20(19(14)21(28)25-5)13-8-9-18(29-7)26-12-13/h8-12,33H,1-7H3,(H,25,28). The van der Waals surface area contributed by atoms with Gasteiger partial charge in [0.25, 0.3) is 5.91 Å². The number of carbonyl (C=O) groups is 1. The predicted molar refractivity (Wildman–Crippen MR) is 132 cm³/mol. The number of rotatable bonds is 5. The molecule has 0 saturated carbocycles. The molecular weight excluding hydrogens is 441 g/mol.